The van der Waals surface area contributed by atoms with Gasteiger partial charge in [0.1, 0.15) is 0 Å². The van der Waals surface area contributed by atoms with Crippen LogP contribution in [0.3, 0.4) is 0 Å². The summed E-state index contributed by atoms with van der Waals surface area (Å²) in [5.74, 6) is -0.0500. The van der Waals surface area contributed by atoms with Gasteiger partial charge in [-0.2, -0.15) is 0 Å². The SMILES string of the molecule is CNC1CCCN2CCC=C(C(C)=O)N2C1=O.[HH]. The summed E-state index contributed by atoms with van der Waals surface area (Å²) in [6, 6.07) is -0.180. The molecule has 0 spiro atoms. The molecular formula is C12H21N3O2. The Kier molecular flexibility index (Phi) is 3.59. The molecule has 0 bridgehead atoms. The maximum absolute atomic E-state index is 12.4. The van der Waals surface area contributed by atoms with Crippen molar-refractivity contribution in [2.75, 3.05) is 20.1 Å². The quantitative estimate of drug-likeness (QED) is 0.764. The van der Waals surface area contributed by atoms with Crippen molar-refractivity contribution in [1.82, 2.24) is 15.3 Å². The number of likely N-dealkylation sites (N-methyl/N-ethyl adjacent to an activating group) is 1. The molecule has 2 rings (SSSR count). The van der Waals surface area contributed by atoms with Gasteiger partial charge >= 0.3 is 0 Å². The van der Waals surface area contributed by atoms with Crippen molar-refractivity contribution < 1.29 is 11.0 Å². The number of allylic oxidation sites excluding steroid dienone is 1. The lowest BCUT2D eigenvalue weighted by atomic mass is 10.1. The van der Waals surface area contributed by atoms with E-state index in [0.717, 1.165) is 32.4 Å². The summed E-state index contributed by atoms with van der Waals surface area (Å²) in [6.45, 7) is 3.18. The highest BCUT2D eigenvalue weighted by molar-refractivity contribution is 5.98. The fraction of sp³-hybridized carbons (Fsp3) is 0.667. The van der Waals surface area contributed by atoms with E-state index >= 15 is 0 Å². The maximum atomic E-state index is 12.4. The van der Waals surface area contributed by atoms with E-state index in [-0.39, 0.29) is 19.2 Å². The van der Waals surface area contributed by atoms with Gasteiger partial charge in [0.05, 0.1) is 11.7 Å². The molecule has 17 heavy (non-hydrogen) atoms. The van der Waals surface area contributed by atoms with Gasteiger partial charge in [-0.3, -0.25) is 9.59 Å². The van der Waals surface area contributed by atoms with E-state index < -0.39 is 0 Å². The number of carbonyl (C=O) groups is 2. The van der Waals surface area contributed by atoms with E-state index in [2.05, 4.69) is 5.32 Å². The van der Waals surface area contributed by atoms with Gasteiger partial charge in [-0.15, -0.1) is 0 Å². The molecule has 2 heterocycles. The molecule has 1 atom stereocenters. The zero-order chi connectivity index (χ0) is 12.4. The second-order valence-corrected chi connectivity index (χ2v) is 4.52. The average Bonchev–Trinajstić information content (AvgIpc) is 2.48. The summed E-state index contributed by atoms with van der Waals surface area (Å²) in [7, 11) is 1.79. The molecule has 1 saturated heterocycles. The average molecular weight is 239 g/mol. The van der Waals surface area contributed by atoms with E-state index in [1.165, 1.54) is 6.92 Å². The van der Waals surface area contributed by atoms with Gasteiger partial charge in [0.2, 0.25) is 0 Å². The van der Waals surface area contributed by atoms with Gasteiger partial charge in [0.15, 0.2) is 5.78 Å². The summed E-state index contributed by atoms with van der Waals surface area (Å²) in [5.41, 5.74) is 0.531. The third kappa shape index (κ3) is 2.25. The number of hydrogen-bond acceptors (Lipinski definition) is 4. The molecule has 1 N–H and O–H groups in total. The summed E-state index contributed by atoms with van der Waals surface area (Å²) in [6.07, 6.45) is 4.50. The lowest BCUT2D eigenvalue weighted by Crippen LogP contribution is -2.53. The van der Waals surface area contributed by atoms with Gasteiger partial charge in [-0.1, -0.05) is 6.08 Å². The topological polar surface area (TPSA) is 52.7 Å². The lowest BCUT2D eigenvalue weighted by molar-refractivity contribution is -0.148. The number of ketones is 1. The van der Waals surface area contributed by atoms with Gasteiger partial charge in [-0.05, 0) is 26.3 Å². The van der Waals surface area contributed by atoms with Gasteiger partial charge < -0.3 is 5.32 Å². The molecule has 0 radical (unpaired) electrons. The Hall–Kier alpha value is -1.20. The first-order valence-electron chi connectivity index (χ1n) is 6.12. The van der Waals surface area contributed by atoms with Crippen LogP contribution in [-0.4, -0.2) is 47.9 Å². The molecule has 0 aromatic rings. The fourth-order valence-electron chi connectivity index (χ4n) is 2.47. The van der Waals surface area contributed by atoms with E-state index in [1.54, 1.807) is 12.1 Å². The molecule has 0 aliphatic carbocycles. The van der Waals surface area contributed by atoms with E-state index in [0.29, 0.717) is 5.70 Å². The smallest absolute Gasteiger partial charge is 0.258 e. The lowest BCUT2D eigenvalue weighted by Gasteiger charge is -2.37. The predicted octanol–water partition coefficient (Wildman–Crippen LogP) is 0.536. The van der Waals surface area contributed by atoms with Crippen molar-refractivity contribution >= 4 is 11.7 Å². The van der Waals surface area contributed by atoms with Crippen LogP contribution < -0.4 is 5.32 Å². The standard InChI is InChI=1S/C12H19N3O2.H2/c1-9(16)11-6-4-8-14-7-3-5-10(13-2)12(17)15(11)14;/h6,10,13H,3-5,7-8H2,1-2H3;1H. The summed E-state index contributed by atoms with van der Waals surface area (Å²) in [4.78, 5) is 24.0. The summed E-state index contributed by atoms with van der Waals surface area (Å²) in [5, 5.41) is 6.61. The highest BCUT2D eigenvalue weighted by Gasteiger charge is 2.35. The fourth-order valence-corrected chi connectivity index (χ4v) is 2.47. The van der Waals surface area contributed by atoms with Crippen molar-refractivity contribution in [3.63, 3.8) is 0 Å². The minimum absolute atomic E-state index is 0. The van der Waals surface area contributed by atoms with Gasteiger partial charge in [-0.25, -0.2) is 10.0 Å². The van der Waals surface area contributed by atoms with Crippen LogP contribution in [0, 0.1) is 0 Å². The first-order chi connectivity index (χ1) is 8.15. The van der Waals surface area contributed by atoms with Gasteiger partial charge in [0.25, 0.3) is 5.91 Å². The monoisotopic (exact) mass is 239 g/mol. The summed E-state index contributed by atoms with van der Waals surface area (Å²) < 4.78 is 0. The first-order valence-corrected chi connectivity index (χ1v) is 6.12. The molecule has 0 aromatic heterocycles. The third-order valence-electron chi connectivity index (χ3n) is 3.36. The number of Topliss-reactive ketones (excluding diaryl/α,β-unsaturated/α-hetero) is 1. The van der Waals surface area contributed by atoms with Crippen LogP contribution in [0.25, 0.3) is 0 Å². The van der Waals surface area contributed by atoms with Crippen molar-refractivity contribution in [2.24, 2.45) is 0 Å². The molecule has 1 fully saturated rings. The van der Waals surface area contributed by atoms with Crippen molar-refractivity contribution in [3.05, 3.63) is 11.8 Å². The van der Waals surface area contributed by atoms with Crippen molar-refractivity contribution in [1.29, 1.82) is 0 Å². The highest BCUT2D eigenvalue weighted by Crippen LogP contribution is 2.23. The van der Waals surface area contributed by atoms with Crippen LogP contribution in [0.15, 0.2) is 11.8 Å². The van der Waals surface area contributed by atoms with Gasteiger partial charge in [0, 0.05) is 21.4 Å². The predicted molar refractivity (Wildman–Crippen MR) is 66.0 cm³/mol. The Balaban J connectivity index is 0.00000162. The Morgan fingerprint density at radius 2 is 2.29 bits per heavy atom. The number of hydrogen-bond donors (Lipinski definition) is 1. The minimum atomic E-state index is -0.180. The molecule has 0 aromatic carbocycles. The summed E-state index contributed by atoms with van der Waals surface area (Å²) >= 11 is 0. The van der Waals surface area contributed by atoms with Crippen LogP contribution in [0.4, 0.5) is 0 Å². The van der Waals surface area contributed by atoms with Crippen molar-refractivity contribution in [2.45, 2.75) is 32.2 Å². The maximum Gasteiger partial charge on any atom is 0.258 e. The van der Waals surface area contributed by atoms with Crippen molar-refractivity contribution in [3.8, 4) is 0 Å². The number of amides is 1. The molecule has 5 nitrogen and oxygen atoms in total. The Morgan fingerprint density at radius 1 is 1.53 bits per heavy atom. The number of rotatable bonds is 2. The van der Waals surface area contributed by atoms with Crippen LogP contribution in [0.5, 0.6) is 0 Å². The zero-order valence-electron chi connectivity index (χ0n) is 10.4. The minimum Gasteiger partial charge on any atom is -0.309 e. The number of carbonyl (C=O) groups excluding carboxylic acids is 2. The molecule has 2 aliphatic heterocycles. The largest absolute Gasteiger partial charge is 0.309 e. The third-order valence-corrected chi connectivity index (χ3v) is 3.36. The number of nitrogens with one attached hydrogen (secondary N) is 1. The number of fused-ring (bicyclic) bond motifs is 1. The van der Waals surface area contributed by atoms with Crippen LogP contribution in [0.1, 0.15) is 27.6 Å². The zero-order valence-corrected chi connectivity index (χ0v) is 10.4. The Morgan fingerprint density at radius 3 is 2.94 bits per heavy atom. The molecule has 96 valence electrons. The van der Waals surface area contributed by atoms with E-state index in [4.69, 9.17) is 0 Å². The molecule has 2 aliphatic rings. The second-order valence-electron chi connectivity index (χ2n) is 4.52. The normalized spacial score (nSPS) is 26.2. The first kappa shape index (κ1) is 12.3. The van der Waals surface area contributed by atoms with Crippen LogP contribution in [0.2, 0.25) is 0 Å². The van der Waals surface area contributed by atoms with E-state index in [9.17, 15) is 9.59 Å². The number of hydrazine groups is 1. The Labute approximate surface area is 103 Å². The molecule has 1 unspecified atom stereocenters. The Bertz CT molecular complexity index is 370. The molecule has 0 saturated carbocycles. The van der Waals surface area contributed by atoms with E-state index in [1.807, 2.05) is 11.1 Å². The molecule has 1 amide bonds. The molecular weight excluding hydrogens is 218 g/mol. The van der Waals surface area contributed by atoms with Crippen LogP contribution in [-0.2, 0) is 9.59 Å². The number of nitrogens with zero attached hydrogens (tertiary/aromatic N) is 2. The molecule has 5 heteroatoms. The highest BCUT2D eigenvalue weighted by atomic mass is 16.2. The second kappa shape index (κ2) is 4.98. The van der Waals surface area contributed by atoms with Crippen LogP contribution >= 0.6 is 0 Å².